The molecule has 2 rings (SSSR count). The third kappa shape index (κ3) is 1.85. The molecule has 0 saturated carbocycles. The van der Waals surface area contributed by atoms with Gasteiger partial charge in [-0.05, 0) is 46.9 Å². The van der Waals surface area contributed by atoms with E-state index in [0.717, 1.165) is 24.7 Å². The summed E-state index contributed by atoms with van der Waals surface area (Å²) in [5, 5.41) is 2.45. The maximum Gasteiger partial charge on any atom is 0.150 e. The normalized spacial score (nSPS) is 10.6. The van der Waals surface area contributed by atoms with Crippen molar-refractivity contribution in [2.75, 3.05) is 0 Å². The lowest BCUT2D eigenvalue weighted by Crippen LogP contribution is -1.90. The zero-order valence-electron chi connectivity index (χ0n) is 9.79. The Kier molecular flexibility index (Phi) is 3.04. The average Bonchev–Trinajstić information content (AvgIpc) is 2.36. The molecule has 82 valence electrons. The monoisotopic (exact) mass is 212 g/mol. The molecule has 2 aromatic rings. The van der Waals surface area contributed by atoms with E-state index in [4.69, 9.17) is 0 Å². The van der Waals surface area contributed by atoms with E-state index in [1.807, 2.05) is 12.1 Å². The first kappa shape index (κ1) is 10.9. The van der Waals surface area contributed by atoms with Gasteiger partial charge >= 0.3 is 0 Å². The maximum atomic E-state index is 10.9. The van der Waals surface area contributed by atoms with Gasteiger partial charge in [0.1, 0.15) is 6.29 Å². The van der Waals surface area contributed by atoms with Gasteiger partial charge in [0, 0.05) is 5.56 Å². The molecule has 0 spiro atoms. The van der Waals surface area contributed by atoms with E-state index in [-0.39, 0.29) is 0 Å². The Labute approximate surface area is 96.1 Å². The van der Waals surface area contributed by atoms with Gasteiger partial charge in [-0.2, -0.15) is 0 Å². The first-order chi connectivity index (χ1) is 7.78. The van der Waals surface area contributed by atoms with E-state index in [2.05, 4.69) is 32.0 Å². The first-order valence-corrected chi connectivity index (χ1v) is 5.79. The zero-order valence-corrected chi connectivity index (χ0v) is 9.79. The lowest BCUT2D eigenvalue weighted by Gasteiger charge is -2.07. The van der Waals surface area contributed by atoms with Crippen molar-refractivity contribution in [1.29, 1.82) is 0 Å². The summed E-state index contributed by atoms with van der Waals surface area (Å²) in [4.78, 5) is 10.9. The second-order valence-corrected chi connectivity index (χ2v) is 4.06. The molecule has 0 aliphatic rings. The van der Waals surface area contributed by atoms with Crippen LogP contribution in [-0.4, -0.2) is 6.29 Å². The van der Waals surface area contributed by atoms with Crippen molar-refractivity contribution in [2.24, 2.45) is 0 Å². The van der Waals surface area contributed by atoms with E-state index in [1.165, 1.54) is 21.9 Å². The number of carbonyl (C=O) groups excluding carboxylic acids is 1. The third-order valence-electron chi connectivity index (χ3n) is 3.05. The zero-order chi connectivity index (χ0) is 11.5. The summed E-state index contributed by atoms with van der Waals surface area (Å²) in [6, 6.07) is 10.5. The number of rotatable bonds is 3. The number of aldehydes is 1. The smallest absolute Gasteiger partial charge is 0.150 e. The Balaban J connectivity index is 2.73. The minimum Gasteiger partial charge on any atom is -0.298 e. The molecule has 0 unspecified atom stereocenters. The molecule has 2 aromatic carbocycles. The number of benzene rings is 2. The highest BCUT2D eigenvalue weighted by Gasteiger charge is 2.03. The molecule has 0 amide bonds. The van der Waals surface area contributed by atoms with E-state index in [9.17, 15) is 4.79 Å². The summed E-state index contributed by atoms with van der Waals surface area (Å²) < 4.78 is 0. The van der Waals surface area contributed by atoms with Crippen molar-refractivity contribution < 1.29 is 4.79 Å². The minimum atomic E-state index is 0.776. The SMILES string of the molecule is CCc1ccc2c(CC)cc(C=O)cc2c1. The molecule has 0 aliphatic carbocycles. The predicted octanol–water partition coefficient (Wildman–Crippen LogP) is 3.78. The van der Waals surface area contributed by atoms with Crippen LogP contribution < -0.4 is 0 Å². The Hall–Kier alpha value is -1.63. The van der Waals surface area contributed by atoms with Gasteiger partial charge in [0.25, 0.3) is 0 Å². The van der Waals surface area contributed by atoms with Crippen LogP contribution in [0.5, 0.6) is 0 Å². The summed E-state index contributed by atoms with van der Waals surface area (Å²) in [6.07, 6.45) is 2.92. The van der Waals surface area contributed by atoms with E-state index < -0.39 is 0 Å². The quantitative estimate of drug-likeness (QED) is 0.708. The fourth-order valence-corrected chi connectivity index (χ4v) is 2.10. The summed E-state index contributed by atoms with van der Waals surface area (Å²) in [5.74, 6) is 0. The van der Waals surface area contributed by atoms with E-state index in [0.29, 0.717) is 0 Å². The van der Waals surface area contributed by atoms with Crippen molar-refractivity contribution >= 4 is 17.1 Å². The maximum absolute atomic E-state index is 10.9. The van der Waals surface area contributed by atoms with Gasteiger partial charge in [-0.1, -0.05) is 32.0 Å². The molecule has 1 heteroatoms. The highest BCUT2D eigenvalue weighted by Crippen LogP contribution is 2.22. The van der Waals surface area contributed by atoms with Crippen LogP contribution in [0.2, 0.25) is 0 Å². The largest absolute Gasteiger partial charge is 0.298 e. The molecule has 16 heavy (non-hydrogen) atoms. The molecule has 0 heterocycles. The Morgan fingerprint density at radius 2 is 1.88 bits per heavy atom. The standard InChI is InChI=1S/C15H16O/c1-3-11-5-6-15-13(4-2)8-12(10-16)9-14(15)7-11/h5-10H,3-4H2,1-2H3. The molecular formula is C15H16O. The Morgan fingerprint density at radius 3 is 2.50 bits per heavy atom. The topological polar surface area (TPSA) is 17.1 Å². The summed E-state index contributed by atoms with van der Waals surface area (Å²) in [7, 11) is 0. The van der Waals surface area contributed by atoms with Gasteiger partial charge in [-0.3, -0.25) is 4.79 Å². The van der Waals surface area contributed by atoms with Gasteiger partial charge in [-0.15, -0.1) is 0 Å². The van der Waals surface area contributed by atoms with Crippen molar-refractivity contribution in [2.45, 2.75) is 26.7 Å². The fraction of sp³-hybridized carbons (Fsp3) is 0.267. The predicted molar refractivity (Wildman–Crippen MR) is 68.1 cm³/mol. The van der Waals surface area contributed by atoms with Crippen LogP contribution in [0, 0.1) is 0 Å². The molecule has 0 aliphatic heterocycles. The van der Waals surface area contributed by atoms with Crippen molar-refractivity contribution in [3.8, 4) is 0 Å². The number of hydrogen-bond acceptors (Lipinski definition) is 1. The number of hydrogen-bond donors (Lipinski definition) is 0. The first-order valence-electron chi connectivity index (χ1n) is 5.79. The van der Waals surface area contributed by atoms with Crippen LogP contribution in [0.3, 0.4) is 0 Å². The van der Waals surface area contributed by atoms with Crippen molar-refractivity contribution in [3.63, 3.8) is 0 Å². The molecular weight excluding hydrogens is 196 g/mol. The van der Waals surface area contributed by atoms with Crippen LogP contribution in [0.1, 0.15) is 35.3 Å². The molecule has 0 saturated heterocycles. The van der Waals surface area contributed by atoms with Crippen LogP contribution in [0.25, 0.3) is 10.8 Å². The minimum absolute atomic E-state index is 0.776. The van der Waals surface area contributed by atoms with Gasteiger partial charge in [0.15, 0.2) is 0 Å². The molecule has 1 nitrogen and oxygen atoms in total. The van der Waals surface area contributed by atoms with Gasteiger partial charge in [0.2, 0.25) is 0 Å². The summed E-state index contributed by atoms with van der Waals surface area (Å²) in [5.41, 5.74) is 3.34. The van der Waals surface area contributed by atoms with Gasteiger partial charge < -0.3 is 0 Å². The van der Waals surface area contributed by atoms with Crippen LogP contribution in [-0.2, 0) is 12.8 Å². The van der Waals surface area contributed by atoms with Gasteiger partial charge in [-0.25, -0.2) is 0 Å². The molecule has 0 atom stereocenters. The molecule has 0 aromatic heterocycles. The average molecular weight is 212 g/mol. The number of fused-ring (bicyclic) bond motifs is 1. The highest BCUT2D eigenvalue weighted by molar-refractivity contribution is 5.92. The summed E-state index contributed by atoms with van der Waals surface area (Å²) in [6.45, 7) is 4.27. The van der Waals surface area contributed by atoms with Gasteiger partial charge in [0.05, 0.1) is 0 Å². The fourth-order valence-electron chi connectivity index (χ4n) is 2.10. The number of aryl methyl sites for hydroxylation is 2. The second-order valence-electron chi connectivity index (χ2n) is 4.06. The van der Waals surface area contributed by atoms with Crippen LogP contribution >= 0.6 is 0 Å². The van der Waals surface area contributed by atoms with Crippen molar-refractivity contribution in [3.05, 3.63) is 47.0 Å². The highest BCUT2D eigenvalue weighted by atomic mass is 16.1. The van der Waals surface area contributed by atoms with Crippen LogP contribution in [0.15, 0.2) is 30.3 Å². The van der Waals surface area contributed by atoms with E-state index >= 15 is 0 Å². The van der Waals surface area contributed by atoms with Crippen LogP contribution in [0.4, 0.5) is 0 Å². The molecule has 0 radical (unpaired) electrons. The molecule has 0 N–H and O–H groups in total. The summed E-state index contributed by atoms with van der Waals surface area (Å²) >= 11 is 0. The number of carbonyl (C=O) groups is 1. The lowest BCUT2D eigenvalue weighted by atomic mass is 9.97. The molecule has 0 bridgehead atoms. The lowest BCUT2D eigenvalue weighted by molar-refractivity contribution is 0.112. The third-order valence-corrected chi connectivity index (χ3v) is 3.05. The Morgan fingerprint density at radius 1 is 1.06 bits per heavy atom. The Bertz CT molecular complexity index is 526. The van der Waals surface area contributed by atoms with E-state index in [1.54, 1.807) is 0 Å². The molecule has 0 fully saturated rings. The second kappa shape index (κ2) is 4.48. The van der Waals surface area contributed by atoms with Crippen molar-refractivity contribution in [1.82, 2.24) is 0 Å².